The van der Waals surface area contributed by atoms with Crippen molar-refractivity contribution < 1.29 is 14.7 Å². The predicted octanol–water partition coefficient (Wildman–Crippen LogP) is 0.0135. The number of rotatable bonds is 4. The van der Waals surface area contributed by atoms with Crippen LogP contribution in [-0.2, 0) is 9.59 Å². The summed E-state index contributed by atoms with van der Waals surface area (Å²) in [4.78, 5) is 21.2. The number of aliphatic carboxylic acids is 1. The molecule has 4 nitrogen and oxygen atoms in total. The van der Waals surface area contributed by atoms with Gasteiger partial charge < -0.3 is 10.8 Å². The topological polar surface area (TPSA) is 80.4 Å². The number of ketones is 1. The average Bonchev–Trinajstić information content (AvgIpc) is 2.00. The van der Waals surface area contributed by atoms with E-state index >= 15 is 0 Å². The summed E-state index contributed by atoms with van der Waals surface area (Å²) in [6.45, 7) is 3.22. The Labute approximate surface area is 65.4 Å². The molecule has 0 amide bonds. The largest absolute Gasteiger partial charge is 0.480 e. The lowest BCUT2D eigenvalue weighted by Gasteiger charge is -2.12. The first kappa shape index (κ1) is 10.1. The Morgan fingerprint density at radius 3 is 2.27 bits per heavy atom. The first-order valence-electron chi connectivity index (χ1n) is 3.51. The Hall–Kier alpha value is -0.900. The molecule has 0 aliphatic heterocycles. The van der Waals surface area contributed by atoms with Crippen LogP contribution in [0.4, 0.5) is 0 Å². The standard InChI is InChI=1S/C7H13NO3/c1-3-5(9)4(2)6(8)7(10)11/h4,6H,3,8H2,1-2H3,(H,10,11)/t4-,6+/m1/s1. The van der Waals surface area contributed by atoms with E-state index in [-0.39, 0.29) is 5.78 Å². The van der Waals surface area contributed by atoms with Crippen LogP contribution in [0.2, 0.25) is 0 Å². The number of Topliss-reactive ketones (excluding diaryl/α,β-unsaturated/α-hetero) is 1. The molecule has 0 aliphatic rings. The third kappa shape index (κ3) is 2.67. The maximum atomic E-state index is 10.9. The summed E-state index contributed by atoms with van der Waals surface area (Å²) >= 11 is 0. The molecule has 0 saturated heterocycles. The Morgan fingerprint density at radius 1 is 1.55 bits per heavy atom. The van der Waals surface area contributed by atoms with Crippen molar-refractivity contribution in [1.29, 1.82) is 0 Å². The second-order valence-corrected chi connectivity index (χ2v) is 2.47. The smallest absolute Gasteiger partial charge is 0.321 e. The van der Waals surface area contributed by atoms with Gasteiger partial charge in [0, 0.05) is 12.3 Å². The molecule has 0 rings (SSSR count). The summed E-state index contributed by atoms with van der Waals surface area (Å²) < 4.78 is 0. The molecule has 11 heavy (non-hydrogen) atoms. The van der Waals surface area contributed by atoms with E-state index in [1.807, 2.05) is 0 Å². The monoisotopic (exact) mass is 159 g/mol. The molecule has 0 aromatic carbocycles. The highest BCUT2D eigenvalue weighted by Gasteiger charge is 2.24. The van der Waals surface area contributed by atoms with Gasteiger partial charge in [0.15, 0.2) is 0 Å². The molecule has 0 aromatic rings. The van der Waals surface area contributed by atoms with Crippen LogP contribution in [0, 0.1) is 5.92 Å². The van der Waals surface area contributed by atoms with E-state index in [9.17, 15) is 9.59 Å². The Bertz CT molecular complexity index is 167. The van der Waals surface area contributed by atoms with E-state index in [0.29, 0.717) is 6.42 Å². The third-order valence-corrected chi connectivity index (χ3v) is 1.68. The van der Waals surface area contributed by atoms with E-state index in [4.69, 9.17) is 10.8 Å². The fourth-order valence-corrected chi connectivity index (χ4v) is 0.736. The molecule has 0 unspecified atom stereocenters. The lowest BCUT2D eigenvalue weighted by Crippen LogP contribution is -2.40. The number of nitrogens with two attached hydrogens (primary N) is 1. The molecule has 0 saturated carbocycles. The maximum absolute atomic E-state index is 10.9. The van der Waals surface area contributed by atoms with Crippen molar-refractivity contribution in [3.8, 4) is 0 Å². The third-order valence-electron chi connectivity index (χ3n) is 1.68. The molecule has 64 valence electrons. The van der Waals surface area contributed by atoms with Gasteiger partial charge in [-0.25, -0.2) is 0 Å². The van der Waals surface area contributed by atoms with Crippen molar-refractivity contribution in [2.24, 2.45) is 11.7 Å². The first-order valence-corrected chi connectivity index (χ1v) is 3.51. The highest BCUT2D eigenvalue weighted by molar-refractivity contribution is 5.87. The summed E-state index contributed by atoms with van der Waals surface area (Å²) in [6, 6.07) is -1.07. The molecule has 0 heterocycles. The number of hydrogen-bond acceptors (Lipinski definition) is 3. The van der Waals surface area contributed by atoms with Gasteiger partial charge in [0.25, 0.3) is 0 Å². The highest BCUT2D eigenvalue weighted by atomic mass is 16.4. The molecule has 0 fully saturated rings. The number of carboxylic acids is 1. The van der Waals surface area contributed by atoms with Gasteiger partial charge in [-0.05, 0) is 0 Å². The quantitative estimate of drug-likeness (QED) is 0.605. The predicted molar refractivity (Wildman–Crippen MR) is 40.1 cm³/mol. The molecule has 0 aliphatic carbocycles. The van der Waals surface area contributed by atoms with Crippen LogP contribution in [0.15, 0.2) is 0 Å². The lowest BCUT2D eigenvalue weighted by atomic mass is 9.96. The Balaban J connectivity index is 4.12. The Kier molecular flexibility index (Phi) is 3.74. The second-order valence-electron chi connectivity index (χ2n) is 2.47. The van der Waals surface area contributed by atoms with Crippen LogP contribution in [-0.4, -0.2) is 22.9 Å². The van der Waals surface area contributed by atoms with Crippen molar-refractivity contribution in [2.75, 3.05) is 0 Å². The lowest BCUT2D eigenvalue weighted by molar-refractivity contribution is -0.142. The van der Waals surface area contributed by atoms with Gasteiger partial charge in [-0.3, -0.25) is 9.59 Å². The van der Waals surface area contributed by atoms with Crippen LogP contribution < -0.4 is 5.73 Å². The van der Waals surface area contributed by atoms with Gasteiger partial charge >= 0.3 is 5.97 Å². The maximum Gasteiger partial charge on any atom is 0.321 e. The summed E-state index contributed by atoms with van der Waals surface area (Å²) in [6.07, 6.45) is 0.335. The van der Waals surface area contributed by atoms with Crippen molar-refractivity contribution in [1.82, 2.24) is 0 Å². The van der Waals surface area contributed by atoms with E-state index in [1.165, 1.54) is 6.92 Å². The molecular formula is C7H13NO3. The number of hydrogen-bond donors (Lipinski definition) is 2. The van der Waals surface area contributed by atoms with E-state index in [1.54, 1.807) is 6.92 Å². The molecule has 0 bridgehead atoms. The van der Waals surface area contributed by atoms with Gasteiger partial charge in [-0.15, -0.1) is 0 Å². The summed E-state index contributed by atoms with van der Waals surface area (Å²) in [5, 5.41) is 8.42. The minimum Gasteiger partial charge on any atom is -0.480 e. The van der Waals surface area contributed by atoms with Crippen molar-refractivity contribution in [2.45, 2.75) is 26.3 Å². The van der Waals surface area contributed by atoms with Crippen LogP contribution >= 0.6 is 0 Å². The SMILES string of the molecule is CCC(=O)[C@@H](C)[C@H](N)C(=O)O. The minimum absolute atomic E-state index is 0.111. The zero-order valence-electron chi connectivity index (χ0n) is 6.70. The fourth-order valence-electron chi connectivity index (χ4n) is 0.736. The average molecular weight is 159 g/mol. The van der Waals surface area contributed by atoms with Crippen LogP contribution in [0.25, 0.3) is 0 Å². The van der Waals surface area contributed by atoms with Gasteiger partial charge in [0.2, 0.25) is 0 Å². The molecule has 0 spiro atoms. The summed E-state index contributed by atoms with van der Waals surface area (Å²) in [5.41, 5.74) is 5.22. The van der Waals surface area contributed by atoms with Gasteiger partial charge in [0.05, 0.1) is 0 Å². The number of carbonyl (C=O) groups is 2. The van der Waals surface area contributed by atoms with Crippen LogP contribution in [0.5, 0.6) is 0 Å². The zero-order valence-corrected chi connectivity index (χ0v) is 6.70. The number of carbonyl (C=O) groups excluding carboxylic acids is 1. The summed E-state index contributed by atoms with van der Waals surface area (Å²) in [5.74, 6) is -1.82. The highest BCUT2D eigenvalue weighted by Crippen LogP contribution is 2.04. The van der Waals surface area contributed by atoms with Crippen molar-refractivity contribution in [3.63, 3.8) is 0 Å². The molecule has 2 atom stereocenters. The number of carboxylic acid groups (broad SMARTS) is 1. The van der Waals surface area contributed by atoms with Crippen molar-refractivity contribution >= 4 is 11.8 Å². The first-order chi connectivity index (χ1) is 5.00. The van der Waals surface area contributed by atoms with Crippen molar-refractivity contribution in [3.05, 3.63) is 0 Å². The molecule has 0 aromatic heterocycles. The molecule has 4 heteroatoms. The van der Waals surface area contributed by atoms with Crippen LogP contribution in [0.1, 0.15) is 20.3 Å². The summed E-state index contributed by atoms with van der Waals surface area (Å²) in [7, 11) is 0. The van der Waals surface area contributed by atoms with E-state index in [2.05, 4.69) is 0 Å². The van der Waals surface area contributed by atoms with Gasteiger partial charge in [-0.1, -0.05) is 13.8 Å². The zero-order chi connectivity index (χ0) is 9.02. The van der Waals surface area contributed by atoms with Crippen LogP contribution in [0.3, 0.4) is 0 Å². The Morgan fingerprint density at radius 2 is 2.00 bits per heavy atom. The molecule has 0 radical (unpaired) electrons. The normalized spacial score (nSPS) is 15.5. The van der Waals surface area contributed by atoms with Gasteiger partial charge in [-0.2, -0.15) is 0 Å². The second kappa shape index (κ2) is 4.08. The van der Waals surface area contributed by atoms with E-state index < -0.39 is 17.9 Å². The molecular weight excluding hydrogens is 146 g/mol. The molecule has 3 N–H and O–H groups in total. The van der Waals surface area contributed by atoms with E-state index in [0.717, 1.165) is 0 Å². The van der Waals surface area contributed by atoms with Gasteiger partial charge in [0.1, 0.15) is 11.8 Å². The fraction of sp³-hybridized carbons (Fsp3) is 0.714. The minimum atomic E-state index is -1.13.